The van der Waals surface area contributed by atoms with Crippen LogP contribution in [0.2, 0.25) is 0 Å². The van der Waals surface area contributed by atoms with Crippen molar-refractivity contribution >= 4 is 33.7 Å². The SMILES string of the molecule is O=C(NCC=Cc1c2ccccc2cc2ccccc12)OCC1c2ccccc2-c2ccccc21. The first-order chi connectivity index (χ1) is 17.3. The Morgan fingerprint density at radius 2 is 1.29 bits per heavy atom. The molecule has 1 aliphatic rings. The molecule has 0 unspecified atom stereocenters. The number of amides is 1. The van der Waals surface area contributed by atoms with Crippen LogP contribution in [0.25, 0.3) is 38.7 Å². The fourth-order valence-electron chi connectivity index (χ4n) is 5.20. The topological polar surface area (TPSA) is 38.3 Å². The zero-order chi connectivity index (χ0) is 23.6. The third kappa shape index (κ3) is 3.95. The summed E-state index contributed by atoms with van der Waals surface area (Å²) in [4.78, 5) is 12.5. The van der Waals surface area contributed by atoms with Crippen LogP contribution in [0.3, 0.4) is 0 Å². The van der Waals surface area contributed by atoms with Crippen LogP contribution in [-0.2, 0) is 4.74 Å². The van der Waals surface area contributed by atoms with Gasteiger partial charge in [0, 0.05) is 12.5 Å². The number of hydrogen-bond donors (Lipinski definition) is 1. The zero-order valence-electron chi connectivity index (χ0n) is 19.3. The van der Waals surface area contributed by atoms with Gasteiger partial charge in [0.05, 0.1) is 0 Å². The molecule has 6 rings (SSSR count). The summed E-state index contributed by atoms with van der Waals surface area (Å²) in [5.74, 6) is 0.0609. The van der Waals surface area contributed by atoms with Crippen molar-refractivity contribution in [3.63, 3.8) is 0 Å². The molecule has 3 nitrogen and oxygen atoms in total. The Morgan fingerprint density at radius 3 is 1.91 bits per heavy atom. The van der Waals surface area contributed by atoms with Gasteiger partial charge in [-0.25, -0.2) is 4.79 Å². The molecule has 0 saturated heterocycles. The van der Waals surface area contributed by atoms with E-state index >= 15 is 0 Å². The van der Waals surface area contributed by atoms with Crippen LogP contribution < -0.4 is 5.32 Å². The van der Waals surface area contributed by atoms with Gasteiger partial charge < -0.3 is 10.1 Å². The lowest BCUT2D eigenvalue weighted by atomic mass is 9.96. The largest absolute Gasteiger partial charge is 0.449 e. The predicted molar refractivity (Wildman–Crippen MR) is 144 cm³/mol. The normalized spacial score (nSPS) is 12.7. The second-order valence-corrected chi connectivity index (χ2v) is 8.84. The molecule has 0 heterocycles. The van der Waals surface area contributed by atoms with Gasteiger partial charge in [0.2, 0.25) is 0 Å². The van der Waals surface area contributed by atoms with E-state index in [1.165, 1.54) is 43.8 Å². The first-order valence-corrected chi connectivity index (χ1v) is 12.0. The smallest absolute Gasteiger partial charge is 0.407 e. The Morgan fingerprint density at radius 1 is 0.743 bits per heavy atom. The van der Waals surface area contributed by atoms with Crippen molar-refractivity contribution in [2.75, 3.05) is 13.2 Å². The van der Waals surface area contributed by atoms with Crippen molar-refractivity contribution in [1.29, 1.82) is 0 Å². The number of nitrogens with one attached hydrogen (secondary N) is 1. The lowest BCUT2D eigenvalue weighted by molar-refractivity contribution is 0.144. The lowest BCUT2D eigenvalue weighted by Crippen LogP contribution is -2.26. The first-order valence-electron chi connectivity index (χ1n) is 12.0. The monoisotopic (exact) mass is 455 g/mol. The maximum Gasteiger partial charge on any atom is 0.407 e. The number of ether oxygens (including phenoxy) is 1. The van der Waals surface area contributed by atoms with E-state index in [9.17, 15) is 4.79 Å². The third-order valence-corrected chi connectivity index (χ3v) is 6.81. The Labute approximate surface area is 204 Å². The van der Waals surface area contributed by atoms with Gasteiger partial charge in [-0.15, -0.1) is 0 Å². The Kier molecular flexibility index (Phi) is 5.51. The molecule has 0 aromatic heterocycles. The van der Waals surface area contributed by atoms with Crippen LogP contribution in [0.1, 0.15) is 22.6 Å². The van der Waals surface area contributed by atoms with Crippen molar-refractivity contribution in [3.8, 4) is 11.1 Å². The summed E-state index contributed by atoms with van der Waals surface area (Å²) >= 11 is 0. The molecule has 0 aliphatic heterocycles. The summed E-state index contributed by atoms with van der Waals surface area (Å²) in [6, 6.07) is 35.7. The number of fused-ring (bicyclic) bond motifs is 5. The Bertz CT molecular complexity index is 1480. The fourth-order valence-corrected chi connectivity index (χ4v) is 5.20. The first kappa shape index (κ1) is 21.2. The van der Waals surface area contributed by atoms with E-state index in [0.717, 1.165) is 5.56 Å². The molecule has 1 N–H and O–H groups in total. The molecule has 0 saturated carbocycles. The average molecular weight is 456 g/mol. The van der Waals surface area contributed by atoms with Crippen LogP contribution in [0.5, 0.6) is 0 Å². The molecule has 0 bridgehead atoms. The highest BCUT2D eigenvalue weighted by Crippen LogP contribution is 2.44. The van der Waals surface area contributed by atoms with Crippen LogP contribution in [0.15, 0.2) is 109 Å². The minimum Gasteiger partial charge on any atom is -0.449 e. The van der Waals surface area contributed by atoms with Gasteiger partial charge in [-0.3, -0.25) is 0 Å². The highest BCUT2D eigenvalue weighted by atomic mass is 16.5. The van der Waals surface area contributed by atoms with Gasteiger partial charge >= 0.3 is 6.09 Å². The van der Waals surface area contributed by atoms with Crippen LogP contribution >= 0.6 is 0 Å². The molecule has 1 amide bonds. The summed E-state index contributed by atoms with van der Waals surface area (Å²) < 4.78 is 5.65. The molecule has 0 radical (unpaired) electrons. The van der Waals surface area contributed by atoms with Crippen LogP contribution in [0.4, 0.5) is 4.79 Å². The highest BCUT2D eigenvalue weighted by Gasteiger charge is 2.28. The highest BCUT2D eigenvalue weighted by molar-refractivity contribution is 6.06. The number of rotatable bonds is 5. The second-order valence-electron chi connectivity index (χ2n) is 8.84. The van der Waals surface area contributed by atoms with Crippen molar-refractivity contribution in [3.05, 3.63) is 126 Å². The third-order valence-electron chi connectivity index (χ3n) is 6.81. The Hall–Kier alpha value is -4.37. The molecule has 5 aromatic rings. The Balaban J connectivity index is 1.14. The minimum absolute atomic E-state index is 0.0609. The molecule has 0 spiro atoms. The second kappa shape index (κ2) is 9.11. The van der Waals surface area contributed by atoms with Crippen molar-refractivity contribution in [1.82, 2.24) is 5.32 Å². The quantitative estimate of drug-likeness (QED) is 0.278. The van der Waals surface area contributed by atoms with Gasteiger partial charge in [0.25, 0.3) is 0 Å². The van der Waals surface area contributed by atoms with E-state index < -0.39 is 6.09 Å². The van der Waals surface area contributed by atoms with E-state index in [2.05, 4.69) is 102 Å². The molecule has 0 fully saturated rings. The summed E-state index contributed by atoms with van der Waals surface area (Å²) in [5, 5.41) is 7.68. The summed E-state index contributed by atoms with van der Waals surface area (Å²) in [7, 11) is 0. The number of carbonyl (C=O) groups is 1. The van der Waals surface area contributed by atoms with E-state index in [-0.39, 0.29) is 5.92 Å². The average Bonchev–Trinajstić information content (AvgIpc) is 3.23. The molecule has 3 heteroatoms. The lowest BCUT2D eigenvalue weighted by Gasteiger charge is -2.14. The maximum absolute atomic E-state index is 12.5. The van der Waals surface area contributed by atoms with Crippen molar-refractivity contribution < 1.29 is 9.53 Å². The van der Waals surface area contributed by atoms with Gasteiger partial charge in [0.1, 0.15) is 6.61 Å². The predicted octanol–water partition coefficient (Wildman–Crippen LogP) is 7.54. The zero-order valence-corrected chi connectivity index (χ0v) is 19.3. The van der Waals surface area contributed by atoms with Gasteiger partial charge in [0.15, 0.2) is 0 Å². The summed E-state index contributed by atoms with van der Waals surface area (Å²) in [6.07, 6.45) is 3.67. The van der Waals surface area contributed by atoms with Crippen molar-refractivity contribution in [2.24, 2.45) is 0 Å². The molecule has 5 aromatic carbocycles. The number of carbonyl (C=O) groups excluding carboxylic acids is 1. The number of hydrogen-bond acceptors (Lipinski definition) is 2. The maximum atomic E-state index is 12.5. The van der Waals surface area contributed by atoms with Crippen molar-refractivity contribution in [2.45, 2.75) is 5.92 Å². The number of benzene rings is 5. The molecule has 0 atom stereocenters. The van der Waals surface area contributed by atoms with Gasteiger partial charge in [-0.05, 0) is 55.4 Å². The van der Waals surface area contributed by atoms with E-state index in [1.54, 1.807) is 0 Å². The number of alkyl carbamates (subject to hydrolysis) is 1. The van der Waals surface area contributed by atoms with Gasteiger partial charge in [-0.2, -0.15) is 0 Å². The summed E-state index contributed by atoms with van der Waals surface area (Å²) in [6.45, 7) is 0.714. The standard InChI is InChI=1S/C32H25NO2/c34-32(35-21-31-29-16-7-5-14-27(29)28-15-6-8-17-30(28)31)33-19-9-18-26-24-12-3-1-10-22(24)20-23-11-2-4-13-25(23)26/h1-18,20,31H,19,21H2,(H,33,34). The van der Waals surface area contributed by atoms with E-state index in [4.69, 9.17) is 4.74 Å². The molecule has 170 valence electrons. The van der Waals surface area contributed by atoms with E-state index in [1.807, 2.05) is 18.2 Å². The molecule has 35 heavy (non-hydrogen) atoms. The molecular formula is C32H25NO2. The van der Waals surface area contributed by atoms with Crippen LogP contribution in [-0.4, -0.2) is 19.2 Å². The minimum atomic E-state index is -0.403. The van der Waals surface area contributed by atoms with Gasteiger partial charge in [-0.1, -0.05) is 109 Å². The van der Waals surface area contributed by atoms with Crippen LogP contribution in [0, 0.1) is 0 Å². The summed E-state index contributed by atoms with van der Waals surface area (Å²) in [5.41, 5.74) is 6.03. The molecule has 1 aliphatic carbocycles. The fraction of sp³-hybridized carbons (Fsp3) is 0.0938. The van der Waals surface area contributed by atoms with E-state index in [0.29, 0.717) is 13.2 Å². The molecular weight excluding hydrogens is 430 g/mol.